The van der Waals surface area contributed by atoms with Crippen LogP contribution >= 0.6 is 0 Å². The molecule has 1 saturated heterocycles. The number of nitrogens with one attached hydrogen (secondary N) is 2. The van der Waals surface area contributed by atoms with Crippen molar-refractivity contribution >= 4 is 23.8 Å². The van der Waals surface area contributed by atoms with Crippen molar-refractivity contribution in [3.63, 3.8) is 0 Å². The van der Waals surface area contributed by atoms with Crippen LogP contribution in [0.1, 0.15) is 35.6 Å². The number of aryl methyl sites for hydroxylation is 1. The molecule has 8 heteroatoms. The van der Waals surface area contributed by atoms with Crippen LogP contribution in [0.15, 0.2) is 42.6 Å². The van der Waals surface area contributed by atoms with Gasteiger partial charge in [-0.2, -0.15) is 0 Å². The van der Waals surface area contributed by atoms with Crippen molar-refractivity contribution in [2.45, 2.75) is 39.8 Å². The summed E-state index contributed by atoms with van der Waals surface area (Å²) in [5.41, 5.74) is 6.48. The van der Waals surface area contributed by atoms with E-state index in [1.807, 2.05) is 12.1 Å². The van der Waals surface area contributed by atoms with Gasteiger partial charge in [0.1, 0.15) is 5.82 Å². The smallest absolute Gasteiger partial charge is 0.300 e. The van der Waals surface area contributed by atoms with Gasteiger partial charge in [-0.15, -0.1) is 0 Å². The number of carboxylic acid groups (broad SMARTS) is 1. The molecule has 1 amide bonds. The van der Waals surface area contributed by atoms with Gasteiger partial charge in [0.15, 0.2) is 0 Å². The number of rotatable bonds is 6. The normalized spacial score (nSPS) is 15.9. The average Bonchev–Trinajstić information content (AvgIpc) is 3.17. The Labute approximate surface area is 182 Å². The Morgan fingerprint density at radius 1 is 1.26 bits per heavy atom. The van der Waals surface area contributed by atoms with E-state index in [4.69, 9.17) is 15.1 Å². The second kappa shape index (κ2) is 11.8. The van der Waals surface area contributed by atoms with E-state index in [9.17, 15) is 4.79 Å². The Hall–Kier alpha value is -3.23. The van der Waals surface area contributed by atoms with Crippen LogP contribution in [0.3, 0.4) is 0 Å². The largest absolute Gasteiger partial charge is 0.481 e. The van der Waals surface area contributed by atoms with Gasteiger partial charge in [-0.25, -0.2) is 10.5 Å². The first-order chi connectivity index (χ1) is 14.8. The molecule has 1 aromatic carbocycles. The highest BCUT2D eigenvalue weighted by molar-refractivity contribution is 5.90. The Kier molecular flexibility index (Phi) is 9.17. The zero-order chi connectivity index (χ0) is 22.8. The Morgan fingerprint density at radius 3 is 2.65 bits per heavy atom. The van der Waals surface area contributed by atoms with E-state index in [0.29, 0.717) is 6.04 Å². The first-order valence-corrected chi connectivity index (χ1v) is 10.1. The Morgan fingerprint density at radius 2 is 2.00 bits per heavy atom. The Balaban J connectivity index is 0.000000785. The molecule has 0 unspecified atom stereocenters. The number of hydroxylamine groups is 1. The molecule has 0 bridgehead atoms. The number of benzene rings is 1. The predicted octanol–water partition coefficient (Wildman–Crippen LogP) is 2.99. The van der Waals surface area contributed by atoms with Crippen molar-refractivity contribution in [3.8, 4) is 0 Å². The summed E-state index contributed by atoms with van der Waals surface area (Å²) < 4.78 is 0. The van der Waals surface area contributed by atoms with Crippen molar-refractivity contribution in [3.05, 3.63) is 64.9 Å². The summed E-state index contributed by atoms with van der Waals surface area (Å²) in [4.78, 5) is 26.9. The van der Waals surface area contributed by atoms with E-state index in [2.05, 4.69) is 47.2 Å². The molecule has 4 N–H and O–H groups in total. The monoisotopic (exact) mass is 426 g/mol. The number of hydrogen-bond donors (Lipinski definition) is 4. The van der Waals surface area contributed by atoms with E-state index in [1.165, 1.54) is 22.8 Å². The van der Waals surface area contributed by atoms with Crippen molar-refractivity contribution in [2.75, 3.05) is 18.4 Å². The van der Waals surface area contributed by atoms with Crippen LogP contribution in [0, 0.1) is 13.8 Å². The third-order valence-electron chi connectivity index (χ3n) is 5.06. The van der Waals surface area contributed by atoms with Gasteiger partial charge in [-0.3, -0.25) is 19.7 Å². The number of hydrogen-bond acceptors (Lipinski definition) is 6. The van der Waals surface area contributed by atoms with Crippen LogP contribution in [0.2, 0.25) is 0 Å². The van der Waals surface area contributed by atoms with Crippen LogP contribution in [-0.2, 0) is 16.1 Å². The number of carbonyl (C=O) groups excluding carboxylic acids is 1. The molecule has 166 valence electrons. The van der Waals surface area contributed by atoms with Gasteiger partial charge in [0.05, 0.1) is 0 Å². The number of amides is 1. The molecular formula is C23H30N4O4. The van der Waals surface area contributed by atoms with Gasteiger partial charge in [-0.05, 0) is 60.7 Å². The van der Waals surface area contributed by atoms with Crippen LogP contribution in [-0.4, -0.2) is 51.2 Å². The van der Waals surface area contributed by atoms with Gasteiger partial charge >= 0.3 is 0 Å². The number of pyridine rings is 1. The molecule has 2 aromatic rings. The second-order valence-corrected chi connectivity index (χ2v) is 7.53. The molecule has 1 aliphatic heterocycles. The summed E-state index contributed by atoms with van der Waals surface area (Å²) in [5, 5.41) is 19.4. The van der Waals surface area contributed by atoms with Crippen LogP contribution in [0.4, 0.5) is 5.82 Å². The van der Waals surface area contributed by atoms with E-state index in [0.717, 1.165) is 44.4 Å². The van der Waals surface area contributed by atoms with Gasteiger partial charge in [0.2, 0.25) is 0 Å². The van der Waals surface area contributed by atoms with E-state index >= 15 is 0 Å². The van der Waals surface area contributed by atoms with Gasteiger partial charge in [-0.1, -0.05) is 18.2 Å². The first kappa shape index (κ1) is 24.0. The lowest BCUT2D eigenvalue weighted by atomic mass is 10.0. The van der Waals surface area contributed by atoms with Crippen molar-refractivity contribution in [2.24, 2.45) is 0 Å². The molecule has 31 heavy (non-hydrogen) atoms. The predicted molar refractivity (Wildman–Crippen MR) is 120 cm³/mol. The quantitative estimate of drug-likeness (QED) is 0.319. The highest BCUT2D eigenvalue weighted by atomic mass is 16.5. The first-order valence-electron chi connectivity index (χ1n) is 10.1. The molecule has 0 aliphatic carbocycles. The molecule has 1 fully saturated rings. The van der Waals surface area contributed by atoms with Crippen LogP contribution in [0.25, 0.3) is 6.08 Å². The minimum atomic E-state index is -0.833. The average molecular weight is 427 g/mol. The van der Waals surface area contributed by atoms with E-state index in [1.54, 1.807) is 17.8 Å². The summed E-state index contributed by atoms with van der Waals surface area (Å²) in [5.74, 6) is -0.565. The lowest BCUT2D eigenvalue weighted by Gasteiger charge is -2.19. The van der Waals surface area contributed by atoms with Gasteiger partial charge in [0, 0.05) is 44.9 Å². The van der Waals surface area contributed by atoms with Crippen LogP contribution in [0.5, 0.6) is 0 Å². The SMILES string of the molecule is CC(=O)O.Cc1cccc(CN2CC[C@@H](Nc3ccc(C=CC(=O)NO)cn3)C2)c1C. The number of anilines is 1. The van der Waals surface area contributed by atoms with E-state index < -0.39 is 11.9 Å². The maximum Gasteiger partial charge on any atom is 0.300 e. The number of carbonyl (C=O) groups is 2. The molecule has 0 saturated carbocycles. The third-order valence-corrected chi connectivity index (χ3v) is 5.06. The van der Waals surface area contributed by atoms with E-state index in [-0.39, 0.29) is 0 Å². The van der Waals surface area contributed by atoms with Crippen molar-refractivity contribution in [1.82, 2.24) is 15.4 Å². The minimum absolute atomic E-state index is 0.379. The highest BCUT2D eigenvalue weighted by Crippen LogP contribution is 2.20. The minimum Gasteiger partial charge on any atom is -0.481 e. The summed E-state index contributed by atoms with van der Waals surface area (Å²) in [6.07, 6.45) is 5.65. The molecule has 0 spiro atoms. The maximum absolute atomic E-state index is 11.0. The molecule has 1 aliphatic rings. The zero-order valence-corrected chi connectivity index (χ0v) is 18.1. The summed E-state index contributed by atoms with van der Waals surface area (Å²) in [7, 11) is 0. The number of likely N-dealkylation sites (tertiary alicyclic amines) is 1. The second-order valence-electron chi connectivity index (χ2n) is 7.53. The fourth-order valence-corrected chi connectivity index (χ4v) is 3.33. The third kappa shape index (κ3) is 8.19. The molecular weight excluding hydrogens is 396 g/mol. The number of carboxylic acids is 1. The lowest BCUT2D eigenvalue weighted by Crippen LogP contribution is -2.26. The molecule has 8 nitrogen and oxygen atoms in total. The van der Waals surface area contributed by atoms with Crippen molar-refractivity contribution in [1.29, 1.82) is 0 Å². The number of nitrogens with zero attached hydrogens (tertiary/aromatic N) is 2. The summed E-state index contributed by atoms with van der Waals surface area (Å²) in [6.45, 7) is 8.49. The lowest BCUT2D eigenvalue weighted by molar-refractivity contribution is -0.134. The highest BCUT2D eigenvalue weighted by Gasteiger charge is 2.23. The molecule has 2 heterocycles. The standard InChI is InChI=1S/C21H26N4O2.C2H4O2/c1-15-4-3-5-18(16(15)2)13-25-11-10-19(14-25)23-20-8-6-17(12-22-20)7-9-21(26)24-27;1-2(3)4/h3-9,12,19,27H,10-11,13-14H2,1-2H3,(H,22,23)(H,24,26);1H3,(H,3,4)/t19-;/m1./s1. The fraction of sp³-hybridized carbons (Fsp3) is 0.348. The maximum atomic E-state index is 11.0. The molecule has 3 rings (SSSR count). The summed E-state index contributed by atoms with van der Waals surface area (Å²) in [6, 6.07) is 10.7. The molecule has 1 atom stereocenters. The van der Waals surface area contributed by atoms with Gasteiger partial charge in [0.25, 0.3) is 11.9 Å². The van der Waals surface area contributed by atoms with Crippen molar-refractivity contribution < 1.29 is 19.9 Å². The molecule has 0 radical (unpaired) electrons. The topological polar surface area (TPSA) is 115 Å². The fourth-order valence-electron chi connectivity index (χ4n) is 3.33. The summed E-state index contributed by atoms with van der Waals surface area (Å²) >= 11 is 0. The number of aromatic nitrogens is 1. The molecule has 1 aromatic heterocycles. The van der Waals surface area contributed by atoms with Gasteiger partial charge < -0.3 is 10.4 Å². The zero-order valence-electron chi connectivity index (χ0n) is 18.1. The number of aliphatic carboxylic acids is 1. The van der Waals surface area contributed by atoms with Crippen LogP contribution < -0.4 is 10.8 Å². The Bertz CT molecular complexity index is 908.